The molecule has 5 heterocycles. The fourth-order valence-corrected chi connectivity index (χ4v) is 5.62. The molecule has 0 spiro atoms. The molecule has 9 nitrogen and oxygen atoms in total. The zero-order valence-electron chi connectivity index (χ0n) is 23.1. The van der Waals surface area contributed by atoms with Crippen LogP contribution in [0.3, 0.4) is 0 Å². The van der Waals surface area contributed by atoms with E-state index in [0.29, 0.717) is 30.5 Å². The van der Waals surface area contributed by atoms with Gasteiger partial charge in [-0.25, -0.2) is 14.6 Å². The molecule has 0 bridgehead atoms. The van der Waals surface area contributed by atoms with Crippen molar-refractivity contribution in [2.45, 2.75) is 58.4 Å². The van der Waals surface area contributed by atoms with E-state index in [9.17, 15) is 9.59 Å². The van der Waals surface area contributed by atoms with Crippen LogP contribution in [-0.2, 0) is 22.6 Å². The summed E-state index contributed by atoms with van der Waals surface area (Å²) >= 11 is 0. The highest BCUT2D eigenvalue weighted by molar-refractivity contribution is 6.00. The molecule has 0 saturated carbocycles. The molecule has 2 amide bonds. The summed E-state index contributed by atoms with van der Waals surface area (Å²) in [6, 6.07) is 14.1. The van der Waals surface area contributed by atoms with Gasteiger partial charge in [-0.1, -0.05) is 26.0 Å². The van der Waals surface area contributed by atoms with Crippen molar-refractivity contribution >= 4 is 17.6 Å². The highest BCUT2D eigenvalue weighted by Gasteiger charge is 2.30. The average molecular weight is 536 g/mol. The van der Waals surface area contributed by atoms with Crippen LogP contribution in [0, 0.1) is 0 Å². The molecule has 40 heavy (non-hydrogen) atoms. The van der Waals surface area contributed by atoms with Gasteiger partial charge in [0.15, 0.2) is 5.82 Å². The number of benzene rings is 1. The standard InChI is InChI=1S/C31H33N7O2/c1-20(2)29-26(5-4-13-32-29)30-33-18-24-17-28(40)37(31(24)34-30)19-22-6-8-25(9-7-22)38-16-12-27(35-38)23-10-14-36(15-11-23)21(3)39/h4-9,12-13,16,18,20,23H,10-11,14-15,17,19H2,1-3H3. The number of likely N-dealkylation sites (tertiary alicyclic amines) is 1. The smallest absolute Gasteiger partial charge is 0.233 e. The second kappa shape index (κ2) is 10.6. The van der Waals surface area contributed by atoms with Gasteiger partial charge < -0.3 is 4.90 Å². The number of piperidine rings is 1. The van der Waals surface area contributed by atoms with Crippen LogP contribution in [-0.4, -0.2) is 54.5 Å². The second-order valence-corrected chi connectivity index (χ2v) is 10.9. The highest BCUT2D eigenvalue weighted by atomic mass is 16.2. The first-order valence-corrected chi connectivity index (χ1v) is 13.9. The zero-order valence-corrected chi connectivity index (χ0v) is 23.1. The van der Waals surface area contributed by atoms with Crippen molar-refractivity contribution in [3.63, 3.8) is 0 Å². The van der Waals surface area contributed by atoms with Gasteiger partial charge in [0.1, 0.15) is 5.82 Å². The molecule has 9 heteroatoms. The Bertz CT molecular complexity index is 1550. The number of anilines is 1. The third-order valence-corrected chi connectivity index (χ3v) is 7.88. The quantitative estimate of drug-likeness (QED) is 0.356. The fraction of sp³-hybridized carbons (Fsp3) is 0.355. The predicted octanol–water partition coefficient (Wildman–Crippen LogP) is 4.66. The van der Waals surface area contributed by atoms with E-state index in [0.717, 1.165) is 59.7 Å². The molecule has 1 saturated heterocycles. The van der Waals surface area contributed by atoms with Crippen molar-refractivity contribution in [3.8, 4) is 17.1 Å². The van der Waals surface area contributed by atoms with E-state index in [2.05, 4.69) is 29.9 Å². The Morgan fingerprint density at radius 2 is 1.82 bits per heavy atom. The van der Waals surface area contributed by atoms with E-state index < -0.39 is 0 Å². The minimum Gasteiger partial charge on any atom is -0.343 e. The SMILES string of the molecule is CC(=O)N1CCC(c2ccn(-c3ccc(CN4C(=O)Cc5cnc(-c6cccnc6C(C)C)nc54)cc3)n2)CC1. The van der Waals surface area contributed by atoms with Gasteiger partial charge in [-0.2, -0.15) is 5.10 Å². The number of hydrogen-bond acceptors (Lipinski definition) is 6. The molecule has 0 aliphatic carbocycles. The Morgan fingerprint density at radius 1 is 1.05 bits per heavy atom. The third-order valence-electron chi connectivity index (χ3n) is 7.88. The number of hydrogen-bond donors (Lipinski definition) is 0. The van der Waals surface area contributed by atoms with E-state index >= 15 is 0 Å². The summed E-state index contributed by atoms with van der Waals surface area (Å²) in [5, 5.41) is 4.83. The number of carbonyl (C=O) groups excluding carboxylic acids is 2. The summed E-state index contributed by atoms with van der Waals surface area (Å²) < 4.78 is 1.90. The molecule has 0 atom stereocenters. The second-order valence-electron chi connectivity index (χ2n) is 10.9. The Hall–Kier alpha value is -4.40. The van der Waals surface area contributed by atoms with E-state index in [-0.39, 0.29) is 17.7 Å². The Balaban J connectivity index is 1.17. The summed E-state index contributed by atoms with van der Waals surface area (Å²) in [4.78, 5) is 42.2. The molecule has 2 aliphatic heterocycles. The van der Waals surface area contributed by atoms with E-state index in [1.54, 1.807) is 24.2 Å². The first-order valence-electron chi connectivity index (χ1n) is 13.9. The summed E-state index contributed by atoms with van der Waals surface area (Å²) in [5.41, 5.74) is 5.73. The minimum absolute atomic E-state index is 0.0216. The van der Waals surface area contributed by atoms with Crippen LogP contribution in [0.4, 0.5) is 5.82 Å². The van der Waals surface area contributed by atoms with Crippen molar-refractivity contribution in [3.05, 3.63) is 83.6 Å². The number of fused-ring (bicyclic) bond motifs is 1. The topological polar surface area (TPSA) is 97.1 Å². The van der Waals surface area contributed by atoms with Gasteiger partial charge in [-0.05, 0) is 54.7 Å². The molecule has 3 aromatic heterocycles. The minimum atomic E-state index is 0.0216. The molecule has 1 fully saturated rings. The first-order chi connectivity index (χ1) is 19.4. The van der Waals surface area contributed by atoms with Gasteiger partial charge >= 0.3 is 0 Å². The Labute approximate surface area is 233 Å². The number of nitrogens with zero attached hydrogens (tertiary/aromatic N) is 7. The highest BCUT2D eigenvalue weighted by Crippen LogP contribution is 2.32. The lowest BCUT2D eigenvalue weighted by Gasteiger charge is -2.30. The summed E-state index contributed by atoms with van der Waals surface area (Å²) in [5.74, 6) is 2.03. The van der Waals surface area contributed by atoms with E-state index in [1.165, 1.54) is 0 Å². The summed E-state index contributed by atoms with van der Waals surface area (Å²) in [6.45, 7) is 7.84. The molecule has 2 aliphatic rings. The van der Waals surface area contributed by atoms with Crippen LogP contribution >= 0.6 is 0 Å². The molecule has 4 aromatic rings. The number of aromatic nitrogens is 5. The summed E-state index contributed by atoms with van der Waals surface area (Å²) in [7, 11) is 0. The van der Waals surface area contributed by atoms with Crippen molar-refractivity contribution in [1.29, 1.82) is 0 Å². The molecule has 0 radical (unpaired) electrons. The Kier molecular flexibility index (Phi) is 6.88. The largest absolute Gasteiger partial charge is 0.343 e. The van der Waals surface area contributed by atoms with Crippen LogP contribution in [0.5, 0.6) is 0 Å². The monoisotopic (exact) mass is 535 g/mol. The predicted molar refractivity (Wildman–Crippen MR) is 152 cm³/mol. The number of rotatable bonds is 6. The van der Waals surface area contributed by atoms with Crippen molar-refractivity contribution in [2.75, 3.05) is 18.0 Å². The van der Waals surface area contributed by atoms with E-state index in [1.807, 2.05) is 52.2 Å². The van der Waals surface area contributed by atoms with E-state index in [4.69, 9.17) is 10.1 Å². The van der Waals surface area contributed by atoms with Crippen LogP contribution in [0.2, 0.25) is 0 Å². The molecule has 204 valence electrons. The number of pyridine rings is 1. The normalized spacial score (nSPS) is 15.7. The molecular weight excluding hydrogens is 502 g/mol. The molecule has 0 N–H and O–H groups in total. The molecule has 1 aromatic carbocycles. The van der Waals surface area contributed by atoms with Crippen LogP contribution in [0.1, 0.15) is 68.0 Å². The number of amides is 2. The van der Waals surface area contributed by atoms with Gasteiger partial charge in [-0.15, -0.1) is 0 Å². The summed E-state index contributed by atoms with van der Waals surface area (Å²) in [6.07, 6.45) is 7.73. The fourth-order valence-electron chi connectivity index (χ4n) is 5.62. The first kappa shape index (κ1) is 25.9. The molecule has 0 unspecified atom stereocenters. The maximum atomic E-state index is 13.0. The number of carbonyl (C=O) groups is 2. The lowest BCUT2D eigenvalue weighted by atomic mass is 9.94. The zero-order chi connectivity index (χ0) is 27.8. The molecule has 6 rings (SSSR count). The lowest BCUT2D eigenvalue weighted by Crippen LogP contribution is -2.36. The lowest BCUT2D eigenvalue weighted by molar-refractivity contribution is -0.129. The van der Waals surface area contributed by atoms with Gasteiger partial charge in [0.2, 0.25) is 11.8 Å². The van der Waals surface area contributed by atoms with Gasteiger partial charge in [0, 0.05) is 55.6 Å². The average Bonchev–Trinajstić information content (AvgIpc) is 3.58. The van der Waals surface area contributed by atoms with Crippen LogP contribution < -0.4 is 4.90 Å². The van der Waals surface area contributed by atoms with Gasteiger partial charge in [0.05, 0.1) is 30.0 Å². The maximum absolute atomic E-state index is 13.0. The van der Waals surface area contributed by atoms with Crippen molar-refractivity contribution in [1.82, 2.24) is 29.6 Å². The molecular formula is C31H33N7O2. The van der Waals surface area contributed by atoms with Crippen molar-refractivity contribution < 1.29 is 9.59 Å². The van der Waals surface area contributed by atoms with Gasteiger partial charge in [-0.3, -0.25) is 19.5 Å². The van der Waals surface area contributed by atoms with Crippen LogP contribution in [0.15, 0.2) is 61.1 Å². The van der Waals surface area contributed by atoms with Gasteiger partial charge in [0.25, 0.3) is 0 Å². The van der Waals surface area contributed by atoms with Crippen molar-refractivity contribution in [2.24, 2.45) is 0 Å². The third kappa shape index (κ3) is 4.99. The maximum Gasteiger partial charge on any atom is 0.233 e. The van der Waals surface area contributed by atoms with Crippen LogP contribution in [0.25, 0.3) is 17.1 Å². The Morgan fingerprint density at radius 3 is 2.55 bits per heavy atom.